The van der Waals surface area contributed by atoms with Crippen LogP contribution in [0.4, 0.5) is 5.69 Å². The molecule has 110 valence electrons. The maximum Gasteiger partial charge on any atom is 0.224 e. The number of pyridine rings is 1. The van der Waals surface area contributed by atoms with Crippen LogP contribution in [0.25, 0.3) is 5.69 Å². The predicted molar refractivity (Wildman–Crippen MR) is 84.8 cm³/mol. The maximum atomic E-state index is 11.9. The molecule has 22 heavy (non-hydrogen) atoms. The molecule has 5 nitrogen and oxygen atoms in total. The van der Waals surface area contributed by atoms with Gasteiger partial charge in [0, 0.05) is 30.7 Å². The van der Waals surface area contributed by atoms with Crippen LogP contribution in [0, 0.1) is 0 Å². The van der Waals surface area contributed by atoms with E-state index in [-0.39, 0.29) is 5.91 Å². The Hall–Kier alpha value is -2.95. The summed E-state index contributed by atoms with van der Waals surface area (Å²) in [5, 5.41) is 7.17. The molecule has 0 bridgehead atoms. The number of nitrogens with zero attached hydrogens (tertiary/aromatic N) is 3. The number of amides is 1. The minimum atomic E-state index is -0.0151. The molecule has 0 radical (unpaired) electrons. The average Bonchev–Trinajstić information content (AvgIpc) is 3.04. The molecule has 5 heteroatoms. The zero-order valence-corrected chi connectivity index (χ0v) is 12.0. The monoisotopic (exact) mass is 292 g/mol. The lowest BCUT2D eigenvalue weighted by Crippen LogP contribution is -2.12. The Labute approximate surface area is 128 Å². The summed E-state index contributed by atoms with van der Waals surface area (Å²) in [6.07, 6.45) is 8.13. The normalized spacial score (nSPS) is 10.4. The van der Waals surface area contributed by atoms with Gasteiger partial charge >= 0.3 is 0 Å². The summed E-state index contributed by atoms with van der Waals surface area (Å²) < 4.78 is 1.82. The van der Waals surface area contributed by atoms with E-state index in [4.69, 9.17) is 0 Å². The van der Waals surface area contributed by atoms with Crippen LogP contribution in [0.15, 0.2) is 67.3 Å². The fourth-order valence-corrected chi connectivity index (χ4v) is 2.13. The molecule has 0 fully saturated rings. The van der Waals surface area contributed by atoms with Crippen LogP contribution in [0.1, 0.15) is 12.0 Å². The minimum absolute atomic E-state index is 0.0151. The van der Waals surface area contributed by atoms with Crippen LogP contribution in [-0.2, 0) is 11.2 Å². The van der Waals surface area contributed by atoms with E-state index in [1.54, 1.807) is 30.7 Å². The SMILES string of the molecule is O=C(CCc1cnn(-c2ccccc2)c1)Nc1ccncc1. The van der Waals surface area contributed by atoms with Crippen molar-refractivity contribution in [2.75, 3.05) is 5.32 Å². The molecule has 3 aromatic rings. The first kappa shape index (κ1) is 14.0. The number of aromatic nitrogens is 3. The van der Waals surface area contributed by atoms with Crippen LogP contribution in [0.3, 0.4) is 0 Å². The van der Waals surface area contributed by atoms with E-state index in [2.05, 4.69) is 15.4 Å². The third-order valence-electron chi connectivity index (χ3n) is 3.26. The number of hydrogen-bond acceptors (Lipinski definition) is 3. The van der Waals surface area contributed by atoms with E-state index < -0.39 is 0 Å². The number of carbonyl (C=O) groups is 1. The first-order valence-corrected chi connectivity index (χ1v) is 7.10. The summed E-state index contributed by atoms with van der Waals surface area (Å²) in [7, 11) is 0. The highest BCUT2D eigenvalue weighted by molar-refractivity contribution is 5.90. The Balaban J connectivity index is 1.56. The summed E-state index contributed by atoms with van der Waals surface area (Å²) in [5.41, 5.74) is 2.81. The highest BCUT2D eigenvalue weighted by Crippen LogP contribution is 2.10. The Kier molecular flexibility index (Phi) is 4.25. The van der Waals surface area contributed by atoms with Gasteiger partial charge in [-0.1, -0.05) is 18.2 Å². The molecule has 1 N–H and O–H groups in total. The molecule has 0 aliphatic rings. The Morgan fingerprint density at radius 1 is 1.09 bits per heavy atom. The van der Waals surface area contributed by atoms with Crippen molar-refractivity contribution < 1.29 is 4.79 Å². The van der Waals surface area contributed by atoms with Gasteiger partial charge in [-0.25, -0.2) is 4.68 Å². The van der Waals surface area contributed by atoms with Crippen molar-refractivity contribution in [1.82, 2.24) is 14.8 Å². The van der Waals surface area contributed by atoms with E-state index >= 15 is 0 Å². The van der Waals surface area contributed by atoms with Gasteiger partial charge in [-0.2, -0.15) is 5.10 Å². The Morgan fingerprint density at radius 2 is 1.86 bits per heavy atom. The summed E-state index contributed by atoms with van der Waals surface area (Å²) in [4.78, 5) is 15.8. The highest BCUT2D eigenvalue weighted by atomic mass is 16.1. The summed E-state index contributed by atoms with van der Waals surface area (Å²) in [6.45, 7) is 0. The number of nitrogens with one attached hydrogen (secondary N) is 1. The maximum absolute atomic E-state index is 11.9. The molecule has 0 unspecified atom stereocenters. The second kappa shape index (κ2) is 6.67. The lowest BCUT2D eigenvalue weighted by Gasteiger charge is -2.03. The lowest BCUT2D eigenvalue weighted by atomic mass is 10.2. The summed E-state index contributed by atoms with van der Waals surface area (Å²) in [5.74, 6) is -0.0151. The number of anilines is 1. The minimum Gasteiger partial charge on any atom is -0.326 e. The van der Waals surface area contributed by atoms with Gasteiger partial charge in [0.05, 0.1) is 11.9 Å². The van der Waals surface area contributed by atoms with Gasteiger partial charge < -0.3 is 5.32 Å². The zero-order chi connectivity index (χ0) is 15.2. The fraction of sp³-hybridized carbons (Fsp3) is 0.118. The number of aryl methyl sites for hydroxylation is 1. The summed E-state index contributed by atoms with van der Waals surface area (Å²) >= 11 is 0. The van der Waals surface area contributed by atoms with Crippen molar-refractivity contribution in [3.8, 4) is 5.69 Å². The zero-order valence-electron chi connectivity index (χ0n) is 12.0. The number of carbonyl (C=O) groups excluding carboxylic acids is 1. The predicted octanol–water partition coefficient (Wildman–Crippen LogP) is 2.84. The van der Waals surface area contributed by atoms with Gasteiger partial charge in [-0.3, -0.25) is 9.78 Å². The van der Waals surface area contributed by atoms with E-state index in [9.17, 15) is 4.79 Å². The first-order valence-electron chi connectivity index (χ1n) is 7.10. The molecule has 2 heterocycles. The van der Waals surface area contributed by atoms with E-state index in [1.165, 1.54) is 0 Å². The van der Waals surface area contributed by atoms with Crippen molar-refractivity contribution in [2.45, 2.75) is 12.8 Å². The van der Waals surface area contributed by atoms with Gasteiger partial charge in [0.1, 0.15) is 0 Å². The number of rotatable bonds is 5. The summed E-state index contributed by atoms with van der Waals surface area (Å²) in [6, 6.07) is 13.4. The van der Waals surface area contributed by atoms with Crippen LogP contribution < -0.4 is 5.32 Å². The molecule has 0 aliphatic carbocycles. The molecule has 0 spiro atoms. The van der Waals surface area contributed by atoms with Crippen LogP contribution >= 0.6 is 0 Å². The van der Waals surface area contributed by atoms with Gasteiger partial charge in [-0.05, 0) is 36.2 Å². The first-order chi connectivity index (χ1) is 10.8. The van der Waals surface area contributed by atoms with Gasteiger partial charge in [0.15, 0.2) is 0 Å². The molecule has 2 aromatic heterocycles. The topological polar surface area (TPSA) is 59.8 Å². The molecule has 0 saturated heterocycles. The van der Waals surface area contributed by atoms with E-state index in [1.807, 2.05) is 41.2 Å². The highest BCUT2D eigenvalue weighted by Gasteiger charge is 2.05. The smallest absolute Gasteiger partial charge is 0.224 e. The Bertz CT molecular complexity index is 738. The van der Waals surface area contributed by atoms with Gasteiger partial charge in [0.2, 0.25) is 5.91 Å². The second-order valence-corrected chi connectivity index (χ2v) is 4.91. The van der Waals surface area contributed by atoms with Crippen LogP contribution in [0.2, 0.25) is 0 Å². The third kappa shape index (κ3) is 3.58. The van der Waals surface area contributed by atoms with Crippen molar-refractivity contribution in [3.63, 3.8) is 0 Å². The standard InChI is InChI=1S/C17H16N4O/c22-17(20-15-8-10-18-11-9-15)7-6-14-12-19-21(13-14)16-4-2-1-3-5-16/h1-5,8-13H,6-7H2,(H,18,20,22). The lowest BCUT2D eigenvalue weighted by molar-refractivity contribution is -0.116. The molecule has 0 atom stereocenters. The van der Waals surface area contributed by atoms with Gasteiger partial charge in [-0.15, -0.1) is 0 Å². The second-order valence-electron chi connectivity index (χ2n) is 4.91. The third-order valence-corrected chi connectivity index (χ3v) is 3.26. The molecule has 0 aliphatic heterocycles. The quantitative estimate of drug-likeness (QED) is 0.786. The van der Waals surface area contributed by atoms with Crippen LogP contribution in [0.5, 0.6) is 0 Å². The molecular formula is C17H16N4O. The number of para-hydroxylation sites is 1. The largest absolute Gasteiger partial charge is 0.326 e. The van der Waals surface area contributed by atoms with Crippen LogP contribution in [-0.4, -0.2) is 20.7 Å². The van der Waals surface area contributed by atoms with E-state index in [0.29, 0.717) is 12.8 Å². The Morgan fingerprint density at radius 3 is 2.64 bits per heavy atom. The number of hydrogen-bond donors (Lipinski definition) is 1. The fourth-order valence-electron chi connectivity index (χ4n) is 2.13. The van der Waals surface area contributed by atoms with Gasteiger partial charge in [0.25, 0.3) is 0 Å². The van der Waals surface area contributed by atoms with Crippen molar-refractivity contribution in [3.05, 3.63) is 72.8 Å². The van der Waals surface area contributed by atoms with Crippen molar-refractivity contribution in [2.24, 2.45) is 0 Å². The molecule has 0 saturated carbocycles. The van der Waals surface area contributed by atoms with Crippen molar-refractivity contribution >= 4 is 11.6 Å². The molecule has 1 amide bonds. The molecule has 3 rings (SSSR count). The molecule has 1 aromatic carbocycles. The molecular weight excluding hydrogens is 276 g/mol. The van der Waals surface area contributed by atoms with Crippen molar-refractivity contribution in [1.29, 1.82) is 0 Å². The van der Waals surface area contributed by atoms with E-state index in [0.717, 1.165) is 16.9 Å². The average molecular weight is 292 g/mol. The number of benzene rings is 1.